The second-order valence-electron chi connectivity index (χ2n) is 7.66. The van der Waals surface area contributed by atoms with Gasteiger partial charge in [-0.25, -0.2) is 0 Å². The molecule has 1 aliphatic heterocycles. The summed E-state index contributed by atoms with van der Waals surface area (Å²) in [5, 5.41) is 7.88. The zero-order chi connectivity index (χ0) is 15.9. The Balaban J connectivity index is 0.00000192. The van der Waals surface area contributed by atoms with Crippen molar-refractivity contribution in [3.63, 3.8) is 0 Å². The molecule has 0 spiro atoms. The Morgan fingerprint density at radius 2 is 2.04 bits per heavy atom. The van der Waals surface area contributed by atoms with Crippen molar-refractivity contribution in [2.75, 3.05) is 20.1 Å². The minimum atomic E-state index is -0.0775. The second-order valence-corrected chi connectivity index (χ2v) is 7.66. The van der Waals surface area contributed by atoms with E-state index in [2.05, 4.69) is 35.9 Å². The summed E-state index contributed by atoms with van der Waals surface area (Å²) in [5.74, 6) is 0.697. The Hall–Kier alpha value is -1.07. The average molecular weight is 341 g/mol. The van der Waals surface area contributed by atoms with E-state index in [1.54, 1.807) is 0 Å². The van der Waals surface area contributed by atoms with Crippen LogP contribution in [-0.4, -0.2) is 46.8 Å². The first-order chi connectivity index (χ1) is 10.4. The number of nitrogens with one attached hydrogen (secondary N) is 1. The van der Waals surface area contributed by atoms with E-state index in [1.807, 2.05) is 18.0 Å². The van der Waals surface area contributed by atoms with Gasteiger partial charge in [0.05, 0.1) is 5.54 Å². The number of rotatable bonds is 4. The average Bonchev–Trinajstić information content (AvgIpc) is 3.01. The van der Waals surface area contributed by atoms with Crippen LogP contribution in [0.1, 0.15) is 68.6 Å². The van der Waals surface area contributed by atoms with Gasteiger partial charge in [-0.15, -0.1) is 12.4 Å². The van der Waals surface area contributed by atoms with Crippen LogP contribution in [0.15, 0.2) is 6.07 Å². The Kier molecular flexibility index (Phi) is 5.41. The number of likely N-dealkylation sites (tertiary alicyclic amines) is 1. The lowest BCUT2D eigenvalue weighted by Gasteiger charge is -2.24. The summed E-state index contributed by atoms with van der Waals surface area (Å²) in [4.78, 5) is 14.9. The molecule has 5 nitrogen and oxygen atoms in total. The lowest BCUT2D eigenvalue weighted by atomic mass is 10.1. The zero-order valence-electron chi connectivity index (χ0n) is 14.6. The maximum absolute atomic E-state index is 12.9. The molecule has 23 heavy (non-hydrogen) atoms. The van der Waals surface area contributed by atoms with E-state index in [0.717, 1.165) is 25.9 Å². The van der Waals surface area contributed by atoms with Crippen LogP contribution in [0.25, 0.3) is 0 Å². The fourth-order valence-corrected chi connectivity index (χ4v) is 3.41. The van der Waals surface area contributed by atoms with Gasteiger partial charge < -0.3 is 10.2 Å². The number of aromatic nitrogens is 2. The Bertz CT molecular complexity index is 559. The van der Waals surface area contributed by atoms with E-state index in [-0.39, 0.29) is 23.9 Å². The van der Waals surface area contributed by atoms with Gasteiger partial charge in [0.2, 0.25) is 0 Å². The van der Waals surface area contributed by atoms with Crippen LogP contribution >= 0.6 is 12.4 Å². The molecule has 1 saturated heterocycles. The van der Waals surface area contributed by atoms with Crippen molar-refractivity contribution in [1.82, 2.24) is 20.0 Å². The molecule has 130 valence electrons. The summed E-state index contributed by atoms with van der Waals surface area (Å²) in [5.41, 5.74) is 1.78. The monoisotopic (exact) mass is 340 g/mol. The first-order valence-corrected chi connectivity index (χ1v) is 8.48. The number of nitrogens with zero attached hydrogens (tertiary/aromatic N) is 3. The van der Waals surface area contributed by atoms with Crippen LogP contribution in [0.5, 0.6) is 0 Å². The highest BCUT2D eigenvalue weighted by molar-refractivity contribution is 5.93. The minimum Gasteiger partial charge on any atom is -0.333 e. The minimum absolute atomic E-state index is 0. The second kappa shape index (κ2) is 6.81. The fourth-order valence-electron chi connectivity index (χ4n) is 3.41. The summed E-state index contributed by atoms with van der Waals surface area (Å²) in [6.45, 7) is 8.17. The molecular formula is C17H29ClN4O. The molecule has 3 rings (SSSR count). The highest BCUT2D eigenvalue weighted by atomic mass is 35.5. The predicted octanol–water partition coefficient (Wildman–Crippen LogP) is 2.76. The van der Waals surface area contributed by atoms with Crippen LogP contribution in [0.3, 0.4) is 0 Å². The van der Waals surface area contributed by atoms with Crippen molar-refractivity contribution in [1.29, 1.82) is 0 Å². The SMILES string of the molecule is CNCC1CCCN1C(=O)c1cc(C2CC2)n(C(C)(C)C)n1.Cl. The number of hydrogen-bond acceptors (Lipinski definition) is 3. The number of carbonyl (C=O) groups is 1. The smallest absolute Gasteiger partial charge is 0.274 e. The molecule has 0 aromatic carbocycles. The highest BCUT2D eigenvalue weighted by Crippen LogP contribution is 2.42. The Morgan fingerprint density at radius 1 is 1.35 bits per heavy atom. The Labute approximate surface area is 145 Å². The van der Waals surface area contributed by atoms with Crippen LogP contribution < -0.4 is 5.32 Å². The Morgan fingerprint density at radius 3 is 2.61 bits per heavy atom. The van der Waals surface area contributed by atoms with Gasteiger partial charge in [0.25, 0.3) is 5.91 Å². The van der Waals surface area contributed by atoms with Crippen molar-refractivity contribution < 1.29 is 4.79 Å². The molecule has 1 saturated carbocycles. The lowest BCUT2D eigenvalue weighted by Crippen LogP contribution is -2.41. The van der Waals surface area contributed by atoms with E-state index < -0.39 is 0 Å². The third kappa shape index (κ3) is 3.72. The van der Waals surface area contributed by atoms with E-state index in [0.29, 0.717) is 17.7 Å². The van der Waals surface area contributed by atoms with Gasteiger partial charge in [-0.3, -0.25) is 9.48 Å². The summed E-state index contributed by atoms with van der Waals surface area (Å²) in [6, 6.07) is 2.35. The van der Waals surface area contributed by atoms with Gasteiger partial charge in [0, 0.05) is 30.7 Å². The number of hydrogen-bond donors (Lipinski definition) is 1. The maximum Gasteiger partial charge on any atom is 0.274 e. The van der Waals surface area contributed by atoms with Crippen molar-refractivity contribution in [3.8, 4) is 0 Å². The summed E-state index contributed by atoms with van der Waals surface area (Å²) in [6.07, 6.45) is 4.62. The number of carbonyl (C=O) groups excluding carboxylic acids is 1. The van der Waals surface area contributed by atoms with Crippen molar-refractivity contribution in [2.45, 2.75) is 64.0 Å². The van der Waals surface area contributed by atoms with Crippen LogP contribution in [0.4, 0.5) is 0 Å². The first kappa shape index (κ1) is 18.3. The molecule has 1 atom stereocenters. The molecule has 1 aliphatic carbocycles. The van der Waals surface area contributed by atoms with Gasteiger partial charge in [0.1, 0.15) is 0 Å². The summed E-state index contributed by atoms with van der Waals surface area (Å²) in [7, 11) is 1.94. The summed E-state index contributed by atoms with van der Waals surface area (Å²) >= 11 is 0. The number of amides is 1. The van der Waals surface area contributed by atoms with Crippen molar-refractivity contribution in [3.05, 3.63) is 17.5 Å². The largest absolute Gasteiger partial charge is 0.333 e. The molecular weight excluding hydrogens is 312 g/mol. The normalized spacial score (nSPS) is 21.4. The lowest BCUT2D eigenvalue weighted by molar-refractivity contribution is 0.0729. The molecule has 2 fully saturated rings. The van der Waals surface area contributed by atoms with E-state index in [4.69, 9.17) is 0 Å². The maximum atomic E-state index is 12.9. The van der Waals surface area contributed by atoms with Gasteiger partial charge >= 0.3 is 0 Å². The summed E-state index contributed by atoms with van der Waals surface area (Å²) < 4.78 is 2.07. The van der Waals surface area contributed by atoms with Crippen molar-refractivity contribution in [2.24, 2.45) is 0 Å². The number of halogens is 1. The van der Waals surface area contributed by atoms with Gasteiger partial charge in [-0.1, -0.05) is 0 Å². The van der Waals surface area contributed by atoms with Crippen LogP contribution in [0, 0.1) is 0 Å². The van der Waals surface area contributed by atoms with Crippen LogP contribution in [-0.2, 0) is 5.54 Å². The van der Waals surface area contributed by atoms with E-state index >= 15 is 0 Å². The zero-order valence-corrected chi connectivity index (χ0v) is 15.4. The molecule has 1 amide bonds. The van der Waals surface area contributed by atoms with E-state index in [9.17, 15) is 4.79 Å². The van der Waals surface area contributed by atoms with Crippen molar-refractivity contribution >= 4 is 18.3 Å². The molecule has 2 aliphatic rings. The predicted molar refractivity (Wildman–Crippen MR) is 94.4 cm³/mol. The van der Waals surface area contributed by atoms with Gasteiger partial charge in [0.15, 0.2) is 5.69 Å². The molecule has 6 heteroatoms. The molecule has 0 radical (unpaired) electrons. The topological polar surface area (TPSA) is 50.2 Å². The molecule has 2 heterocycles. The molecule has 1 N–H and O–H groups in total. The number of likely N-dealkylation sites (N-methyl/N-ethyl adjacent to an activating group) is 1. The quantitative estimate of drug-likeness (QED) is 0.917. The standard InChI is InChI=1S/C17H28N4O.ClH/c1-17(2,3)21-15(12-7-8-12)10-14(19-21)16(22)20-9-5-6-13(20)11-18-4;/h10,12-13,18H,5-9,11H2,1-4H3;1H. The third-order valence-corrected chi connectivity index (χ3v) is 4.66. The van der Waals surface area contributed by atoms with Gasteiger partial charge in [-0.05, 0) is 59.6 Å². The van der Waals surface area contributed by atoms with E-state index in [1.165, 1.54) is 18.5 Å². The molecule has 0 bridgehead atoms. The molecule has 1 aromatic heterocycles. The van der Waals surface area contributed by atoms with Crippen LogP contribution in [0.2, 0.25) is 0 Å². The highest BCUT2D eigenvalue weighted by Gasteiger charge is 2.35. The molecule has 1 unspecified atom stereocenters. The third-order valence-electron chi connectivity index (χ3n) is 4.66. The molecule has 1 aromatic rings. The first-order valence-electron chi connectivity index (χ1n) is 8.48. The fraction of sp³-hybridized carbons (Fsp3) is 0.765. The van der Waals surface area contributed by atoms with Gasteiger partial charge in [-0.2, -0.15) is 5.10 Å².